The second-order valence-corrected chi connectivity index (χ2v) is 5.48. The topological polar surface area (TPSA) is 72.5 Å². The number of guanidine groups is 1. The van der Waals surface area contributed by atoms with Gasteiger partial charge in [0.25, 0.3) is 0 Å². The van der Waals surface area contributed by atoms with Crippen LogP contribution in [-0.2, 0) is 6.54 Å². The molecule has 5 nitrogen and oxygen atoms in total. The van der Waals surface area contributed by atoms with Crippen LogP contribution in [-0.4, -0.2) is 29.3 Å². The quantitative estimate of drug-likeness (QED) is 0.661. The van der Waals surface area contributed by atoms with Gasteiger partial charge in [-0.25, -0.2) is 9.98 Å². The highest BCUT2D eigenvalue weighted by Crippen LogP contribution is 2.17. The number of nitrogens with one attached hydrogen (secondary N) is 1. The van der Waals surface area contributed by atoms with Gasteiger partial charge in [-0.15, -0.1) is 0 Å². The van der Waals surface area contributed by atoms with Crippen LogP contribution in [0.15, 0.2) is 23.3 Å². The maximum absolute atomic E-state index is 12.1. The molecular formula is C13H19F3N4O. The number of pyridine rings is 1. The smallest absolute Gasteiger partial charge is 0.422 e. The summed E-state index contributed by atoms with van der Waals surface area (Å²) < 4.78 is 40.7. The molecule has 0 unspecified atom stereocenters. The summed E-state index contributed by atoms with van der Waals surface area (Å²) in [5, 5.41) is 2.98. The number of hydrogen-bond donors (Lipinski definition) is 2. The van der Waals surface area contributed by atoms with E-state index in [4.69, 9.17) is 5.73 Å². The van der Waals surface area contributed by atoms with Crippen LogP contribution in [0.1, 0.15) is 26.3 Å². The number of halogens is 3. The van der Waals surface area contributed by atoms with Crippen LogP contribution < -0.4 is 15.8 Å². The van der Waals surface area contributed by atoms with Gasteiger partial charge in [0.2, 0.25) is 5.88 Å². The Morgan fingerprint density at radius 3 is 2.62 bits per heavy atom. The van der Waals surface area contributed by atoms with Crippen molar-refractivity contribution < 1.29 is 17.9 Å². The highest BCUT2D eigenvalue weighted by Gasteiger charge is 2.28. The molecule has 0 saturated carbocycles. The molecule has 21 heavy (non-hydrogen) atoms. The second kappa shape index (κ2) is 6.64. The van der Waals surface area contributed by atoms with Crippen molar-refractivity contribution in [1.82, 2.24) is 10.3 Å². The Labute approximate surface area is 121 Å². The van der Waals surface area contributed by atoms with Gasteiger partial charge in [0.05, 0.1) is 6.54 Å². The Morgan fingerprint density at radius 1 is 1.38 bits per heavy atom. The number of ether oxygens (including phenoxy) is 1. The molecule has 0 fully saturated rings. The second-order valence-electron chi connectivity index (χ2n) is 5.48. The average Bonchev–Trinajstić information content (AvgIpc) is 2.32. The van der Waals surface area contributed by atoms with Crippen LogP contribution >= 0.6 is 0 Å². The molecular weight excluding hydrogens is 285 g/mol. The van der Waals surface area contributed by atoms with Crippen molar-refractivity contribution in [3.8, 4) is 5.88 Å². The van der Waals surface area contributed by atoms with Crippen molar-refractivity contribution in [2.24, 2.45) is 10.7 Å². The molecule has 0 amide bonds. The summed E-state index contributed by atoms with van der Waals surface area (Å²) in [7, 11) is 0. The summed E-state index contributed by atoms with van der Waals surface area (Å²) in [5.74, 6) is 0.166. The van der Waals surface area contributed by atoms with E-state index in [-0.39, 0.29) is 23.9 Å². The fourth-order valence-electron chi connectivity index (χ4n) is 1.38. The molecule has 0 aliphatic heterocycles. The standard InChI is InChI=1S/C13H19F3N4O/c1-12(2,3)20-11(17)19-7-9-4-5-18-10(6-9)21-8-13(14,15)16/h4-6H,7-8H2,1-3H3,(H3,17,19,20). The van der Waals surface area contributed by atoms with Crippen LogP contribution in [0.2, 0.25) is 0 Å². The van der Waals surface area contributed by atoms with Crippen molar-refractivity contribution in [3.05, 3.63) is 23.9 Å². The Hall–Kier alpha value is -1.99. The van der Waals surface area contributed by atoms with Gasteiger partial charge in [-0.1, -0.05) is 0 Å². The zero-order valence-electron chi connectivity index (χ0n) is 12.2. The third-order valence-corrected chi connectivity index (χ3v) is 2.12. The van der Waals surface area contributed by atoms with Crippen molar-refractivity contribution in [1.29, 1.82) is 0 Å². The molecule has 1 rings (SSSR count). The largest absolute Gasteiger partial charge is 0.468 e. The Kier molecular flexibility index (Phi) is 5.40. The van der Waals surface area contributed by atoms with Gasteiger partial charge in [0.1, 0.15) is 0 Å². The molecule has 3 N–H and O–H groups in total. The Morgan fingerprint density at radius 2 is 2.05 bits per heavy atom. The first-order chi connectivity index (χ1) is 9.55. The minimum atomic E-state index is -4.39. The van der Waals surface area contributed by atoms with E-state index in [0.717, 1.165) is 0 Å². The van der Waals surface area contributed by atoms with Gasteiger partial charge < -0.3 is 15.8 Å². The number of nitrogens with two attached hydrogens (primary N) is 1. The molecule has 0 spiro atoms. The van der Waals surface area contributed by atoms with Gasteiger partial charge in [-0.3, -0.25) is 0 Å². The summed E-state index contributed by atoms with van der Waals surface area (Å²) in [6, 6.07) is 3.04. The summed E-state index contributed by atoms with van der Waals surface area (Å²) in [6.45, 7) is 4.65. The molecule has 8 heteroatoms. The molecule has 0 radical (unpaired) electrons. The molecule has 0 aromatic carbocycles. The van der Waals surface area contributed by atoms with E-state index in [2.05, 4.69) is 20.0 Å². The van der Waals surface area contributed by atoms with Gasteiger partial charge in [0, 0.05) is 17.8 Å². The molecule has 0 aliphatic carbocycles. The van der Waals surface area contributed by atoms with E-state index in [9.17, 15) is 13.2 Å². The average molecular weight is 304 g/mol. The number of aromatic nitrogens is 1. The molecule has 0 saturated heterocycles. The van der Waals surface area contributed by atoms with Crippen LogP contribution in [0.5, 0.6) is 5.88 Å². The van der Waals surface area contributed by atoms with E-state index >= 15 is 0 Å². The predicted octanol–water partition coefficient (Wildman–Crippen LogP) is 2.23. The minimum absolute atomic E-state index is 0.0950. The number of hydrogen-bond acceptors (Lipinski definition) is 3. The first-order valence-corrected chi connectivity index (χ1v) is 6.28. The SMILES string of the molecule is CC(C)(C)NC(N)=NCc1ccnc(OCC(F)(F)F)c1. The number of nitrogens with zero attached hydrogens (tertiary/aromatic N) is 2. The van der Waals surface area contributed by atoms with Gasteiger partial charge >= 0.3 is 6.18 Å². The van der Waals surface area contributed by atoms with Crippen LogP contribution in [0, 0.1) is 0 Å². The maximum atomic E-state index is 12.1. The number of rotatable bonds is 4. The minimum Gasteiger partial charge on any atom is -0.468 e. The van der Waals surface area contributed by atoms with Gasteiger partial charge in [0.15, 0.2) is 12.6 Å². The molecule has 1 heterocycles. The molecule has 0 aliphatic rings. The van der Waals surface area contributed by atoms with Crippen molar-refractivity contribution in [2.45, 2.75) is 39.0 Å². The van der Waals surface area contributed by atoms with Crippen LogP contribution in [0.4, 0.5) is 13.2 Å². The third kappa shape index (κ3) is 8.01. The van der Waals surface area contributed by atoms with E-state index < -0.39 is 12.8 Å². The lowest BCUT2D eigenvalue weighted by molar-refractivity contribution is -0.154. The van der Waals surface area contributed by atoms with Crippen molar-refractivity contribution >= 4 is 5.96 Å². The Bertz CT molecular complexity index is 495. The normalized spacial score (nSPS) is 13.1. The molecule has 118 valence electrons. The molecule has 0 bridgehead atoms. The Balaban J connectivity index is 2.62. The fourth-order valence-corrected chi connectivity index (χ4v) is 1.38. The maximum Gasteiger partial charge on any atom is 0.422 e. The fraction of sp³-hybridized carbons (Fsp3) is 0.538. The third-order valence-electron chi connectivity index (χ3n) is 2.12. The van der Waals surface area contributed by atoms with Crippen molar-refractivity contribution in [3.63, 3.8) is 0 Å². The lowest BCUT2D eigenvalue weighted by Gasteiger charge is -2.21. The predicted molar refractivity (Wildman–Crippen MR) is 74.0 cm³/mol. The number of alkyl halides is 3. The highest BCUT2D eigenvalue weighted by atomic mass is 19.4. The van der Waals surface area contributed by atoms with Crippen LogP contribution in [0.25, 0.3) is 0 Å². The molecule has 1 aromatic rings. The van der Waals surface area contributed by atoms with Gasteiger partial charge in [-0.2, -0.15) is 13.2 Å². The van der Waals surface area contributed by atoms with E-state index in [1.165, 1.54) is 12.3 Å². The first-order valence-electron chi connectivity index (χ1n) is 6.28. The van der Waals surface area contributed by atoms with Crippen LogP contribution in [0.3, 0.4) is 0 Å². The lowest BCUT2D eigenvalue weighted by atomic mass is 10.1. The van der Waals surface area contributed by atoms with Crippen molar-refractivity contribution in [2.75, 3.05) is 6.61 Å². The molecule has 0 atom stereocenters. The first kappa shape index (κ1) is 17.1. The monoisotopic (exact) mass is 304 g/mol. The summed E-state index contributed by atoms with van der Waals surface area (Å²) in [6.07, 6.45) is -3.03. The van der Waals surface area contributed by atoms with E-state index in [0.29, 0.717) is 5.56 Å². The van der Waals surface area contributed by atoms with Gasteiger partial charge in [-0.05, 0) is 32.4 Å². The van der Waals surface area contributed by atoms with E-state index in [1.807, 2.05) is 20.8 Å². The zero-order chi connectivity index (χ0) is 16.1. The lowest BCUT2D eigenvalue weighted by Crippen LogP contribution is -2.44. The summed E-state index contributed by atoms with van der Waals surface area (Å²) in [4.78, 5) is 7.82. The highest BCUT2D eigenvalue weighted by molar-refractivity contribution is 5.78. The zero-order valence-corrected chi connectivity index (χ0v) is 12.2. The number of aliphatic imine (C=N–C) groups is 1. The molecule has 1 aromatic heterocycles. The summed E-state index contributed by atoms with van der Waals surface area (Å²) >= 11 is 0. The summed E-state index contributed by atoms with van der Waals surface area (Å²) in [5.41, 5.74) is 6.14. The van der Waals surface area contributed by atoms with E-state index in [1.54, 1.807) is 6.07 Å².